The van der Waals surface area contributed by atoms with Crippen molar-refractivity contribution in [2.45, 2.75) is 26.9 Å². The summed E-state index contributed by atoms with van der Waals surface area (Å²) in [6.07, 6.45) is 0.0733. The molecule has 0 radical (unpaired) electrons. The minimum absolute atomic E-state index is 0.0733. The first-order chi connectivity index (χ1) is 9.16. The van der Waals surface area contributed by atoms with E-state index >= 15 is 0 Å². The molecule has 0 aliphatic heterocycles. The number of hydrogen-bond acceptors (Lipinski definition) is 2. The second-order valence-electron chi connectivity index (χ2n) is 4.83. The van der Waals surface area contributed by atoms with Gasteiger partial charge in [-0.1, -0.05) is 65.3 Å². The Bertz CT molecular complexity index is 541. The van der Waals surface area contributed by atoms with Crippen molar-refractivity contribution < 1.29 is 4.84 Å². The molecule has 0 atom stereocenters. The third-order valence-corrected chi connectivity index (χ3v) is 2.73. The average molecular weight is 253 g/mol. The second kappa shape index (κ2) is 6.19. The molecule has 0 saturated carbocycles. The Kier molecular flexibility index (Phi) is 4.35. The molecule has 98 valence electrons. The zero-order valence-corrected chi connectivity index (χ0v) is 11.6. The molecule has 2 heteroatoms. The molecule has 0 aromatic heterocycles. The first-order valence-corrected chi connectivity index (χ1v) is 6.53. The van der Waals surface area contributed by atoms with Crippen LogP contribution in [-0.4, -0.2) is 11.8 Å². The lowest BCUT2D eigenvalue weighted by Crippen LogP contribution is -2.07. The summed E-state index contributed by atoms with van der Waals surface area (Å²) in [6.45, 7) is 6.02. The van der Waals surface area contributed by atoms with Crippen LogP contribution in [0.25, 0.3) is 0 Å². The van der Waals surface area contributed by atoms with Crippen LogP contribution >= 0.6 is 0 Å². The van der Waals surface area contributed by atoms with E-state index in [-0.39, 0.29) is 6.10 Å². The van der Waals surface area contributed by atoms with Crippen molar-refractivity contribution >= 4 is 5.71 Å². The van der Waals surface area contributed by atoms with Gasteiger partial charge in [-0.2, -0.15) is 0 Å². The molecule has 0 bridgehead atoms. The maximum Gasteiger partial charge on any atom is 0.122 e. The highest BCUT2D eigenvalue weighted by Gasteiger charge is 2.07. The topological polar surface area (TPSA) is 21.6 Å². The SMILES string of the molecule is Cc1ccc(/C(=N/OC(C)C)c2ccccc2)cc1. The summed E-state index contributed by atoms with van der Waals surface area (Å²) >= 11 is 0. The standard InChI is InChI=1S/C17H19NO/c1-13(2)19-18-17(15-7-5-4-6-8-15)16-11-9-14(3)10-12-16/h4-13H,1-3H3/b18-17+. The van der Waals surface area contributed by atoms with E-state index in [0.717, 1.165) is 16.8 Å². The Morgan fingerprint density at radius 2 is 1.47 bits per heavy atom. The van der Waals surface area contributed by atoms with Gasteiger partial charge in [-0.25, -0.2) is 0 Å². The monoisotopic (exact) mass is 253 g/mol. The largest absolute Gasteiger partial charge is 0.393 e. The number of rotatable bonds is 4. The lowest BCUT2D eigenvalue weighted by Gasteiger charge is -2.09. The summed E-state index contributed by atoms with van der Waals surface area (Å²) in [7, 11) is 0. The van der Waals surface area contributed by atoms with Crippen molar-refractivity contribution in [2.75, 3.05) is 0 Å². The summed E-state index contributed by atoms with van der Waals surface area (Å²) < 4.78 is 0. The highest BCUT2D eigenvalue weighted by molar-refractivity contribution is 6.12. The number of hydrogen-bond donors (Lipinski definition) is 0. The minimum atomic E-state index is 0.0733. The molecule has 2 rings (SSSR count). The van der Waals surface area contributed by atoms with Gasteiger partial charge in [0.1, 0.15) is 11.8 Å². The van der Waals surface area contributed by atoms with Crippen LogP contribution in [-0.2, 0) is 4.84 Å². The fourth-order valence-corrected chi connectivity index (χ4v) is 1.74. The van der Waals surface area contributed by atoms with Crippen molar-refractivity contribution in [2.24, 2.45) is 5.16 Å². The van der Waals surface area contributed by atoms with Gasteiger partial charge in [-0.05, 0) is 20.8 Å². The molecule has 0 heterocycles. The van der Waals surface area contributed by atoms with Gasteiger partial charge >= 0.3 is 0 Å². The highest BCUT2D eigenvalue weighted by atomic mass is 16.6. The van der Waals surface area contributed by atoms with Gasteiger partial charge in [0.15, 0.2) is 0 Å². The lowest BCUT2D eigenvalue weighted by molar-refractivity contribution is 0.0863. The molecule has 2 nitrogen and oxygen atoms in total. The van der Waals surface area contributed by atoms with Crippen molar-refractivity contribution in [3.8, 4) is 0 Å². The van der Waals surface area contributed by atoms with E-state index in [0.29, 0.717) is 0 Å². The Morgan fingerprint density at radius 3 is 2.05 bits per heavy atom. The molecule has 2 aromatic carbocycles. The van der Waals surface area contributed by atoms with Gasteiger partial charge in [0.25, 0.3) is 0 Å². The average Bonchev–Trinajstić information content (AvgIpc) is 2.42. The van der Waals surface area contributed by atoms with E-state index < -0.39 is 0 Å². The molecule has 0 unspecified atom stereocenters. The summed E-state index contributed by atoms with van der Waals surface area (Å²) in [6, 6.07) is 18.4. The summed E-state index contributed by atoms with van der Waals surface area (Å²) in [5, 5.41) is 4.31. The third-order valence-electron chi connectivity index (χ3n) is 2.73. The summed E-state index contributed by atoms with van der Waals surface area (Å²) in [5.41, 5.74) is 4.24. The molecule has 0 spiro atoms. The van der Waals surface area contributed by atoms with Crippen molar-refractivity contribution in [3.05, 3.63) is 71.3 Å². The molecule has 2 aromatic rings. The smallest absolute Gasteiger partial charge is 0.122 e. The quantitative estimate of drug-likeness (QED) is 0.592. The van der Waals surface area contributed by atoms with Crippen LogP contribution in [0.2, 0.25) is 0 Å². The van der Waals surface area contributed by atoms with Crippen LogP contribution in [0.3, 0.4) is 0 Å². The van der Waals surface area contributed by atoms with Gasteiger partial charge in [0.2, 0.25) is 0 Å². The van der Waals surface area contributed by atoms with Crippen LogP contribution in [0.15, 0.2) is 59.8 Å². The number of benzene rings is 2. The molecule has 19 heavy (non-hydrogen) atoms. The van der Waals surface area contributed by atoms with Crippen LogP contribution in [0, 0.1) is 6.92 Å². The normalized spacial score (nSPS) is 11.7. The lowest BCUT2D eigenvalue weighted by atomic mass is 10.0. The second-order valence-corrected chi connectivity index (χ2v) is 4.83. The maximum atomic E-state index is 5.43. The summed E-state index contributed by atoms with van der Waals surface area (Å²) in [5.74, 6) is 0. The van der Waals surface area contributed by atoms with Gasteiger partial charge in [-0.15, -0.1) is 0 Å². The van der Waals surface area contributed by atoms with Gasteiger partial charge in [0.05, 0.1) is 0 Å². The maximum absolute atomic E-state index is 5.43. The first-order valence-electron chi connectivity index (χ1n) is 6.53. The van der Waals surface area contributed by atoms with E-state index in [4.69, 9.17) is 4.84 Å². The molecule has 0 aliphatic carbocycles. The Labute approximate surface area is 114 Å². The Hall–Kier alpha value is -2.09. The van der Waals surface area contributed by atoms with Gasteiger partial charge in [0, 0.05) is 11.1 Å². The van der Waals surface area contributed by atoms with Gasteiger partial charge in [-0.3, -0.25) is 0 Å². The van der Waals surface area contributed by atoms with E-state index in [2.05, 4.69) is 36.3 Å². The fourth-order valence-electron chi connectivity index (χ4n) is 1.74. The Morgan fingerprint density at radius 1 is 0.895 bits per heavy atom. The zero-order chi connectivity index (χ0) is 13.7. The molecule has 0 saturated heterocycles. The van der Waals surface area contributed by atoms with E-state index in [1.165, 1.54) is 5.56 Å². The van der Waals surface area contributed by atoms with Crippen LogP contribution < -0.4 is 0 Å². The minimum Gasteiger partial charge on any atom is -0.393 e. The summed E-state index contributed by atoms with van der Waals surface area (Å²) in [4.78, 5) is 5.43. The molecular formula is C17H19NO. The van der Waals surface area contributed by atoms with E-state index in [1.54, 1.807) is 0 Å². The van der Waals surface area contributed by atoms with Crippen molar-refractivity contribution in [3.63, 3.8) is 0 Å². The molecule has 0 fully saturated rings. The predicted molar refractivity (Wildman–Crippen MR) is 79.5 cm³/mol. The predicted octanol–water partition coefficient (Wildman–Crippen LogP) is 4.17. The number of nitrogens with zero attached hydrogens (tertiary/aromatic N) is 1. The molecule has 0 amide bonds. The van der Waals surface area contributed by atoms with E-state index in [9.17, 15) is 0 Å². The van der Waals surface area contributed by atoms with Crippen LogP contribution in [0.1, 0.15) is 30.5 Å². The van der Waals surface area contributed by atoms with Crippen LogP contribution in [0.4, 0.5) is 0 Å². The van der Waals surface area contributed by atoms with Crippen molar-refractivity contribution in [1.29, 1.82) is 0 Å². The Balaban J connectivity index is 2.40. The number of aryl methyl sites for hydroxylation is 1. The molecule has 0 N–H and O–H groups in total. The first kappa shape index (κ1) is 13.3. The third kappa shape index (κ3) is 3.68. The number of oxime groups is 1. The molecular weight excluding hydrogens is 234 g/mol. The van der Waals surface area contributed by atoms with Crippen LogP contribution in [0.5, 0.6) is 0 Å². The van der Waals surface area contributed by atoms with Gasteiger partial charge < -0.3 is 4.84 Å². The molecule has 0 aliphatic rings. The van der Waals surface area contributed by atoms with Crippen molar-refractivity contribution in [1.82, 2.24) is 0 Å². The fraction of sp³-hybridized carbons (Fsp3) is 0.235. The zero-order valence-electron chi connectivity index (χ0n) is 11.6. The van der Waals surface area contributed by atoms with E-state index in [1.807, 2.05) is 44.2 Å². The highest BCUT2D eigenvalue weighted by Crippen LogP contribution is 2.13.